The summed E-state index contributed by atoms with van der Waals surface area (Å²) in [6.07, 6.45) is 1.63. The Morgan fingerprint density at radius 1 is 1.17 bits per heavy atom. The minimum absolute atomic E-state index is 0.231. The van der Waals surface area contributed by atoms with E-state index in [-0.39, 0.29) is 10.9 Å². The highest BCUT2D eigenvalue weighted by Crippen LogP contribution is 2.26. The summed E-state index contributed by atoms with van der Waals surface area (Å²) < 4.78 is 2.70. The molecule has 2 aromatic carbocycles. The lowest BCUT2D eigenvalue weighted by Gasteiger charge is -2.10. The van der Waals surface area contributed by atoms with Crippen molar-refractivity contribution in [3.8, 4) is 0 Å². The smallest absolute Gasteiger partial charge is 0.258 e. The molecule has 4 nitrogen and oxygen atoms in total. The second-order valence-electron chi connectivity index (χ2n) is 5.06. The van der Waals surface area contributed by atoms with E-state index in [0.29, 0.717) is 22.9 Å². The van der Waals surface area contributed by atoms with Gasteiger partial charge >= 0.3 is 0 Å². The zero-order valence-electron chi connectivity index (χ0n) is 12.3. The molecule has 0 unspecified atom stereocenters. The molecule has 0 bridgehead atoms. The largest absolute Gasteiger partial charge is 0.307 e. The van der Waals surface area contributed by atoms with Crippen molar-refractivity contribution in [2.45, 2.75) is 6.54 Å². The summed E-state index contributed by atoms with van der Waals surface area (Å²) in [4.78, 5) is 12.4. The first-order valence-corrected chi connectivity index (χ1v) is 8.61. The molecule has 0 saturated heterocycles. The van der Waals surface area contributed by atoms with Gasteiger partial charge in [-0.25, -0.2) is 4.68 Å². The second-order valence-corrected chi connectivity index (χ2v) is 6.76. The van der Waals surface area contributed by atoms with E-state index in [1.54, 1.807) is 35.1 Å². The summed E-state index contributed by atoms with van der Waals surface area (Å²) >= 11 is 15.5. The molecule has 24 heavy (non-hydrogen) atoms. The Labute approximate surface area is 157 Å². The lowest BCUT2D eigenvalue weighted by molar-refractivity contribution is 0.102. The lowest BCUT2D eigenvalue weighted by atomic mass is 10.2. The van der Waals surface area contributed by atoms with Gasteiger partial charge in [-0.2, -0.15) is 5.10 Å². The fourth-order valence-electron chi connectivity index (χ4n) is 2.24. The fourth-order valence-corrected chi connectivity index (χ4v) is 3.07. The minimum Gasteiger partial charge on any atom is -0.307 e. The molecular weight excluding hydrogens is 413 g/mol. The number of rotatable bonds is 4. The Balaban J connectivity index is 1.80. The van der Waals surface area contributed by atoms with Gasteiger partial charge in [-0.3, -0.25) is 4.79 Å². The number of benzene rings is 2. The number of carbonyl (C=O) groups excluding carboxylic acids is 1. The van der Waals surface area contributed by atoms with Crippen LogP contribution in [0.15, 0.2) is 59.2 Å². The van der Waals surface area contributed by atoms with Crippen molar-refractivity contribution in [1.82, 2.24) is 9.78 Å². The summed E-state index contributed by atoms with van der Waals surface area (Å²) in [6.45, 7) is 0.533. The molecule has 0 spiro atoms. The highest BCUT2D eigenvalue weighted by Gasteiger charge is 2.14. The minimum atomic E-state index is -0.335. The summed E-state index contributed by atoms with van der Waals surface area (Å²) in [5, 5.41) is 7.64. The molecule has 7 heteroatoms. The van der Waals surface area contributed by atoms with E-state index in [9.17, 15) is 4.79 Å². The van der Waals surface area contributed by atoms with E-state index in [4.69, 9.17) is 23.2 Å². The Hall–Kier alpha value is -1.82. The molecule has 1 N–H and O–H groups in total. The third kappa shape index (κ3) is 3.80. The van der Waals surface area contributed by atoms with Crippen molar-refractivity contribution in [3.63, 3.8) is 0 Å². The van der Waals surface area contributed by atoms with Gasteiger partial charge in [0.1, 0.15) is 5.82 Å². The highest BCUT2D eigenvalue weighted by atomic mass is 79.9. The summed E-state index contributed by atoms with van der Waals surface area (Å²) in [5.41, 5.74) is 1.38. The van der Waals surface area contributed by atoms with Crippen LogP contribution in [0.2, 0.25) is 10.0 Å². The van der Waals surface area contributed by atoms with E-state index in [1.807, 2.05) is 24.3 Å². The molecule has 0 atom stereocenters. The van der Waals surface area contributed by atoms with Crippen LogP contribution in [0.3, 0.4) is 0 Å². The molecule has 0 radical (unpaired) electrons. The van der Waals surface area contributed by atoms with Crippen molar-refractivity contribution >= 4 is 50.9 Å². The van der Waals surface area contributed by atoms with Crippen LogP contribution in [0.1, 0.15) is 15.9 Å². The Morgan fingerprint density at radius 3 is 2.75 bits per heavy atom. The predicted octanol–water partition coefficient (Wildman–Crippen LogP) is 5.25. The lowest BCUT2D eigenvalue weighted by Crippen LogP contribution is -2.16. The first-order chi connectivity index (χ1) is 11.5. The Kier molecular flexibility index (Phi) is 5.23. The van der Waals surface area contributed by atoms with E-state index < -0.39 is 0 Å². The molecule has 0 aliphatic carbocycles. The zero-order valence-corrected chi connectivity index (χ0v) is 15.4. The number of hydrogen-bond donors (Lipinski definition) is 1. The molecule has 1 aromatic heterocycles. The number of nitrogens with zero attached hydrogens (tertiary/aromatic N) is 2. The number of halogens is 3. The van der Waals surface area contributed by atoms with E-state index in [1.165, 1.54) is 0 Å². The molecule has 1 heterocycles. The maximum Gasteiger partial charge on any atom is 0.258 e. The zero-order chi connectivity index (χ0) is 17.1. The summed E-state index contributed by atoms with van der Waals surface area (Å²) in [5.74, 6) is 0.245. The van der Waals surface area contributed by atoms with E-state index in [0.717, 1.165) is 10.0 Å². The van der Waals surface area contributed by atoms with E-state index in [2.05, 4.69) is 26.3 Å². The number of anilines is 1. The van der Waals surface area contributed by atoms with Crippen LogP contribution in [0.5, 0.6) is 0 Å². The van der Waals surface area contributed by atoms with Crippen LogP contribution in [0, 0.1) is 0 Å². The maximum absolute atomic E-state index is 12.4. The van der Waals surface area contributed by atoms with Gasteiger partial charge in [-0.15, -0.1) is 0 Å². The van der Waals surface area contributed by atoms with E-state index >= 15 is 0 Å². The first kappa shape index (κ1) is 17.0. The van der Waals surface area contributed by atoms with Gasteiger partial charge < -0.3 is 5.32 Å². The number of amides is 1. The average Bonchev–Trinajstić information content (AvgIpc) is 2.97. The Bertz CT molecular complexity index is 895. The Morgan fingerprint density at radius 2 is 1.96 bits per heavy atom. The van der Waals surface area contributed by atoms with Crippen molar-refractivity contribution in [2.24, 2.45) is 0 Å². The van der Waals surface area contributed by atoms with Gasteiger partial charge in [0.2, 0.25) is 0 Å². The molecule has 1 amide bonds. The average molecular weight is 425 g/mol. The van der Waals surface area contributed by atoms with Crippen LogP contribution in [-0.2, 0) is 6.54 Å². The topological polar surface area (TPSA) is 46.9 Å². The number of nitrogens with one attached hydrogen (secondary N) is 1. The van der Waals surface area contributed by atoms with Gasteiger partial charge in [0.15, 0.2) is 0 Å². The highest BCUT2D eigenvalue weighted by molar-refractivity contribution is 9.10. The molecule has 3 aromatic rings. The number of carbonyl (C=O) groups is 1. The van der Waals surface area contributed by atoms with Gasteiger partial charge in [-0.1, -0.05) is 57.3 Å². The van der Waals surface area contributed by atoms with Crippen molar-refractivity contribution in [2.75, 3.05) is 5.32 Å². The van der Waals surface area contributed by atoms with Crippen molar-refractivity contribution < 1.29 is 4.79 Å². The van der Waals surface area contributed by atoms with Crippen LogP contribution in [0.4, 0.5) is 5.82 Å². The monoisotopic (exact) mass is 423 g/mol. The third-order valence-electron chi connectivity index (χ3n) is 3.38. The van der Waals surface area contributed by atoms with Crippen molar-refractivity contribution in [3.05, 3.63) is 80.4 Å². The molecule has 0 fully saturated rings. The molecule has 0 saturated carbocycles. The standard InChI is InChI=1S/C17H12BrCl2N3O/c18-12-4-1-3-11(9-12)10-23-15(7-8-21-23)22-17(24)13-5-2-6-14(19)16(13)20/h1-9H,10H2,(H,22,24). The van der Waals surface area contributed by atoms with Crippen LogP contribution in [0.25, 0.3) is 0 Å². The van der Waals surface area contributed by atoms with Gasteiger partial charge in [0.05, 0.1) is 28.4 Å². The predicted molar refractivity (Wildman–Crippen MR) is 99.9 cm³/mol. The molecule has 3 rings (SSSR count). The number of hydrogen-bond acceptors (Lipinski definition) is 2. The SMILES string of the molecule is O=C(Nc1ccnn1Cc1cccc(Br)c1)c1cccc(Cl)c1Cl. The quantitative estimate of drug-likeness (QED) is 0.621. The van der Waals surface area contributed by atoms with Crippen molar-refractivity contribution in [1.29, 1.82) is 0 Å². The van der Waals surface area contributed by atoms with Gasteiger partial charge in [0.25, 0.3) is 5.91 Å². The number of aromatic nitrogens is 2. The van der Waals surface area contributed by atoms with Gasteiger partial charge in [-0.05, 0) is 29.8 Å². The second kappa shape index (κ2) is 7.38. The maximum atomic E-state index is 12.4. The van der Waals surface area contributed by atoms with Crippen LogP contribution in [-0.4, -0.2) is 15.7 Å². The normalized spacial score (nSPS) is 10.6. The van der Waals surface area contributed by atoms with Crippen LogP contribution >= 0.6 is 39.1 Å². The molecule has 0 aliphatic rings. The summed E-state index contributed by atoms with van der Waals surface area (Å²) in [7, 11) is 0. The first-order valence-electron chi connectivity index (χ1n) is 7.06. The molecule has 0 aliphatic heterocycles. The van der Waals surface area contributed by atoms with Crippen LogP contribution < -0.4 is 5.32 Å². The van der Waals surface area contributed by atoms with Gasteiger partial charge in [0, 0.05) is 10.5 Å². The summed E-state index contributed by atoms with van der Waals surface area (Å²) in [6, 6.07) is 14.6. The third-order valence-corrected chi connectivity index (χ3v) is 4.69. The molecular formula is C17H12BrCl2N3O. The fraction of sp³-hybridized carbons (Fsp3) is 0.0588. The molecule has 122 valence electrons.